The number of nitriles is 1. The summed E-state index contributed by atoms with van der Waals surface area (Å²) in [6, 6.07) is 17.1. The van der Waals surface area contributed by atoms with Crippen molar-refractivity contribution in [3.63, 3.8) is 0 Å². The molecule has 0 saturated carbocycles. The number of rotatable bonds is 4. The topological polar surface area (TPSA) is 56.0 Å². The molecule has 2 rings (SSSR count). The van der Waals surface area contributed by atoms with Gasteiger partial charge < -0.3 is 10.4 Å². The molecule has 0 amide bonds. The van der Waals surface area contributed by atoms with E-state index in [1.807, 2.05) is 43.3 Å². The second-order valence-corrected chi connectivity index (χ2v) is 4.50. The number of nitrogens with zero attached hydrogens (tertiary/aromatic N) is 1. The van der Waals surface area contributed by atoms with Crippen molar-refractivity contribution in [3.05, 3.63) is 65.2 Å². The third-order valence-electron chi connectivity index (χ3n) is 2.98. The number of hydrogen-bond donors (Lipinski definition) is 2. The van der Waals surface area contributed by atoms with Gasteiger partial charge in [-0.3, -0.25) is 0 Å². The first-order valence-electron chi connectivity index (χ1n) is 6.18. The highest BCUT2D eigenvalue weighted by molar-refractivity contribution is 5.47. The van der Waals surface area contributed by atoms with Crippen LogP contribution < -0.4 is 5.32 Å². The summed E-state index contributed by atoms with van der Waals surface area (Å²) in [7, 11) is 0. The third kappa shape index (κ3) is 3.57. The Morgan fingerprint density at radius 3 is 2.32 bits per heavy atom. The van der Waals surface area contributed by atoms with Crippen LogP contribution in [-0.4, -0.2) is 11.7 Å². The molecule has 2 N–H and O–H groups in total. The fourth-order valence-corrected chi connectivity index (χ4v) is 1.78. The van der Waals surface area contributed by atoms with Crippen LogP contribution in [0.4, 0.5) is 5.69 Å². The molecule has 0 spiro atoms. The summed E-state index contributed by atoms with van der Waals surface area (Å²) in [6.07, 6.45) is -0.545. The zero-order chi connectivity index (χ0) is 13.7. The average molecular weight is 252 g/mol. The lowest BCUT2D eigenvalue weighted by molar-refractivity contribution is 0.191. The second-order valence-electron chi connectivity index (χ2n) is 4.50. The van der Waals surface area contributed by atoms with Gasteiger partial charge in [-0.1, -0.05) is 29.8 Å². The average Bonchev–Trinajstić information content (AvgIpc) is 2.46. The van der Waals surface area contributed by atoms with E-state index < -0.39 is 6.10 Å². The van der Waals surface area contributed by atoms with Gasteiger partial charge in [0.15, 0.2) is 0 Å². The Morgan fingerprint density at radius 2 is 1.74 bits per heavy atom. The molecular formula is C16H16N2O. The number of benzene rings is 2. The lowest BCUT2D eigenvalue weighted by Gasteiger charge is -2.13. The van der Waals surface area contributed by atoms with Crippen LogP contribution in [0.25, 0.3) is 0 Å². The maximum Gasteiger partial charge on any atom is 0.0991 e. The minimum Gasteiger partial charge on any atom is -0.387 e. The lowest BCUT2D eigenvalue weighted by atomic mass is 10.1. The number of aliphatic hydroxyl groups excluding tert-OH is 1. The van der Waals surface area contributed by atoms with E-state index in [4.69, 9.17) is 5.26 Å². The monoisotopic (exact) mass is 252 g/mol. The van der Waals surface area contributed by atoms with Crippen LogP contribution in [0.15, 0.2) is 48.5 Å². The third-order valence-corrected chi connectivity index (χ3v) is 2.98. The first-order valence-corrected chi connectivity index (χ1v) is 6.18. The predicted octanol–water partition coefficient (Wildman–Crippen LogP) is 3.01. The minimum atomic E-state index is -0.545. The number of aryl methyl sites for hydroxylation is 1. The molecule has 0 fully saturated rings. The van der Waals surface area contributed by atoms with Crippen molar-refractivity contribution in [2.75, 3.05) is 11.9 Å². The van der Waals surface area contributed by atoms with Gasteiger partial charge in [-0.25, -0.2) is 0 Å². The first kappa shape index (κ1) is 13.1. The lowest BCUT2D eigenvalue weighted by Crippen LogP contribution is -2.12. The van der Waals surface area contributed by atoms with Gasteiger partial charge in [-0.2, -0.15) is 5.26 Å². The molecule has 0 aromatic heterocycles. The molecule has 0 aliphatic rings. The summed E-state index contributed by atoms with van der Waals surface area (Å²) in [5.41, 5.74) is 3.59. The smallest absolute Gasteiger partial charge is 0.0991 e. The Balaban J connectivity index is 1.94. The zero-order valence-electron chi connectivity index (χ0n) is 10.8. The number of nitrogens with one attached hydrogen (secondary N) is 1. The van der Waals surface area contributed by atoms with Gasteiger partial charge in [0, 0.05) is 12.2 Å². The number of aliphatic hydroxyl groups is 1. The summed E-state index contributed by atoms with van der Waals surface area (Å²) in [5.74, 6) is 0. The molecule has 0 bridgehead atoms. The van der Waals surface area contributed by atoms with Crippen LogP contribution in [0.5, 0.6) is 0 Å². The van der Waals surface area contributed by atoms with Crippen LogP contribution in [0.2, 0.25) is 0 Å². The highest BCUT2D eigenvalue weighted by Crippen LogP contribution is 2.15. The van der Waals surface area contributed by atoms with E-state index in [1.165, 1.54) is 5.56 Å². The summed E-state index contributed by atoms with van der Waals surface area (Å²) >= 11 is 0. The largest absolute Gasteiger partial charge is 0.387 e. The Kier molecular flexibility index (Phi) is 4.17. The van der Waals surface area contributed by atoms with Gasteiger partial charge >= 0.3 is 0 Å². The minimum absolute atomic E-state index is 0.439. The quantitative estimate of drug-likeness (QED) is 0.879. The SMILES string of the molecule is Cc1ccc(C(O)CNc2ccc(C#N)cc2)cc1. The van der Waals surface area contributed by atoms with E-state index in [9.17, 15) is 5.11 Å². The van der Waals surface area contributed by atoms with Gasteiger partial charge in [0.25, 0.3) is 0 Å². The molecule has 3 heteroatoms. The van der Waals surface area contributed by atoms with Crippen molar-refractivity contribution >= 4 is 5.69 Å². The van der Waals surface area contributed by atoms with E-state index >= 15 is 0 Å². The van der Waals surface area contributed by atoms with Crippen LogP contribution in [-0.2, 0) is 0 Å². The van der Waals surface area contributed by atoms with Crippen molar-refractivity contribution in [2.24, 2.45) is 0 Å². The number of anilines is 1. The highest BCUT2D eigenvalue weighted by atomic mass is 16.3. The molecule has 2 aromatic rings. The standard InChI is InChI=1S/C16H16N2O/c1-12-2-6-14(7-3-12)16(19)11-18-15-8-4-13(10-17)5-9-15/h2-9,16,18-19H,11H2,1H3. The van der Waals surface area contributed by atoms with Crippen molar-refractivity contribution in [1.82, 2.24) is 0 Å². The Hall–Kier alpha value is -2.31. The molecular weight excluding hydrogens is 236 g/mol. The van der Waals surface area contributed by atoms with Crippen LogP contribution >= 0.6 is 0 Å². The summed E-state index contributed by atoms with van der Waals surface area (Å²) in [4.78, 5) is 0. The van der Waals surface area contributed by atoms with E-state index in [1.54, 1.807) is 12.1 Å². The maximum absolute atomic E-state index is 10.1. The Bertz CT molecular complexity index is 567. The first-order chi connectivity index (χ1) is 9.19. The molecule has 19 heavy (non-hydrogen) atoms. The molecule has 1 atom stereocenters. The molecule has 0 radical (unpaired) electrons. The van der Waals surface area contributed by atoms with Crippen molar-refractivity contribution in [2.45, 2.75) is 13.0 Å². The van der Waals surface area contributed by atoms with E-state index in [2.05, 4.69) is 11.4 Å². The van der Waals surface area contributed by atoms with Gasteiger partial charge in [0.1, 0.15) is 0 Å². The normalized spacial score (nSPS) is 11.6. The predicted molar refractivity (Wildman–Crippen MR) is 75.8 cm³/mol. The molecule has 96 valence electrons. The summed E-state index contributed by atoms with van der Waals surface area (Å²) in [5, 5.41) is 21.9. The Morgan fingerprint density at radius 1 is 1.11 bits per heavy atom. The molecule has 0 saturated heterocycles. The van der Waals surface area contributed by atoms with Crippen LogP contribution in [0, 0.1) is 18.3 Å². The number of hydrogen-bond acceptors (Lipinski definition) is 3. The van der Waals surface area contributed by atoms with Gasteiger partial charge in [0.2, 0.25) is 0 Å². The molecule has 0 heterocycles. The zero-order valence-corrected chi connectivity index (χ0v) is 10.8. The highest BCUT2D eigenvalue weighted by Gasteiger charge is 2.06. The fourth-order valence-electron chi connectivity index (χ4n) is 1.78. The van der Waals surface area contributed by atoms with Crippen LogP contribution in [0.1, 0.15) is 22.8 Å². The fraction of sp³-hybridized carbons (Fsp3) is 0.188. The molecule has 1 unspecified atom stereocenters. The van der Waals surface area contributed by atoms with Crippen molar-refractivity contribution < 1.29 is 5.11 Å². The van der Waals surface area contributed by atoms with Gasteiger partial charge in [0.05, 0.1) is 17.7 Å². The van der Waals surface area contributed by atoms with Gasteiger partial charge in [-0.15, -0.1) is 0 Å². The molecule has 3 nitrogen and oxygen atoms in total. The molecule has 0 aliphatic carbocycles. The van der Waals surface area contributed by atoms with E-state index in [0.717, 1.165) is 11.3 Å². The van der Waals surface area contributed by atoms with Crippen molar-refractivity contribution in [1.29, 1.82) is 5.26 Å². The second kappa shape index (κ2) is 6.03. The molecule has 2 aromatic carbocycles. The maximum atomic E-state index is 10.1. The molecule has 0 aliphatic heterocycles. The van der Waals surface area contributed by atoms with Crippen molar-refractivity contribution in [3.8, 4) is 6.07 Å². The van der Waals surface area contributed by atoms with E-state index in [-0.39, 0.29) is 0 Å². The van der Waals surface area contributed by atoms with E-state index in [0.29, 0.717) is 12.1 Å². The summed E-state index contributed by atoms with van der Waals surface area (Å²) < 4.78 is 0. The van der Waals surface area contributed by atoms with Gasteiger partial charge in [-0.05, 0) is 36.8 Å². The summed E-state index contributed by atoms with van der Waals surface area (Å²) in [6.45, 7) is 2.46. The Labute approximate surface area is 113 Å². The van der Waals surface area contributed by atoms with Crippen LogP contribution in [0.3, 0.4) is 0 Å².